The molecule has 24 heavy (non-hydrogen) atoms. The minimum atomic E-state index is -0.0342. The molecule has 0 radical (unpaired) electrons. The summed E-state index contributed by atoms with van der Waals surface area (Å²) in [5.41, 5.74) is 2.70. The fraction of sp³-hybridized carbons (Fsp3) is 0.278. The summed E-state index contributed by atoms with van der Waals surface area (Å²) in [5.74, 6) is 0.716. The molecule has 0 saturated carbocycles. The van der Waals surface area contributed by atoms with Gasteiger partial charge in [0.2, 0.25) is 5.91 Å². The van der Waals surface area contributed by atoms with Gasteiger partial charge in [0.05, 0.1) is 16.8 Å². The predicted molar refractivity (Wildman–Crippen MR) is 106 cm³/mol. The molecular weight excluding hydrogens is 457 g/mol. The van der Waals surface area contributed by atoms with Gasteiger partial charge in [0.15, 0.2) is 0 Å². The van der Waals surface area contributed by atoms with E-state index in [0.717, 1.165) is 36.5 Å². The Hall–Kier alpha value is -1.04. The lowest BCUT2D eigenvalue weighted by molar-refractivity contribution is -0.116. The third-order valence-electron chi connectivity index (χ3n) is 3.52. The van der Waals surface area contributed by atoms with E-state index in [9.17, 15) is 4.79 Å². The van der Waals surface area contributed by atoms with Crippen molar-refractivity contribution in [3.05, 3.63) is 55.4 Å². The second-order valence-electron chi connectivity index (χ2n) is 5.42. The van der Waals surface area contributed by atoms with Gasteiger partial charge in [0, 0.05) is 15.9 Å². The summed E-state index contributed by atoms with van der Waals surface area (Å²) in [6.07, 6.45) is 1.02. The quantitative estimate of drug-likeness (QED) is 0.500. The maximum atomic E-state index is 12.0. The topological polar surface area (TPSA) is 38.3 Å². The van der Waals surface area contributed by atoms with E-state index in [0.29, 0.717) is 19.4 Å². The third kappa shape index (κ3) is 4.98. The molecule has 2 aromatic carbocycles. The number of amides is 1. The highest BCUT2D eigenvalue weighted by atomic mass is 79.9. The summed E-state index contributed by atoms with van der Waals surface area (Å²) >= 11 is 13.1. The standard InChI is InChI=1S/C18H18Br2ClNO2/c1-11-10-15(17(20)12(2)18(11)21)24-9-5-8-16(23)22-14-7-4-3-6-13(14)19/h3-4,6-7,10H,5,8-9H2,1-2H3,(H,22,23). The Bertz CT molecular complexity index is 750. The molecule has 0 fully saturated rings. The maximum Gasteiger partial charge on any atom is 0.224 e. The molecule has 0 unspecified atom stereocenters. The molecule has 0 spiro atoms. The summed E-state index contributed by atoms with van der Waals surface area (Å²) in [7, 11) is 0. The highest BCUT2D eigenvalue weighted by Crippen LogP contribution is 2.35. The lowest BCUT2D eigenvalue weighted by atomic mass is 10.1. The Morgan fingerprint density at radius 3 is 2.67 bits per heavy atom. The van der Waals surface area contributed by atoms with Crippen molar-refractivity contribution in [2.45, 2.75) is 26.7 Å². The zero-order valence-electron chi connectivity index (χ0n) is 13.5. The van der Waals surface area contributed by atoms with Gasteiger partial charge in [0.25, 0.3) is 0 Å². The summed E-state index contributed by atoms with van der Waals surface area (Å²) in [5, 5.41) is 3.62. The first-order valence-electron chi connectivity index (χ1n) is 7.52. The number of anilines is 1. The number of carbonyl (C=O) groups is 1. The number of rotatable bonds is 6. The second-order valence-corrected chi connectivity index (χ2v) is 7.45. The first-order chi connectivity index (χ1) is 11.4. The van der Waals surface area contributed by atoms with E-state index in [2.05, 4.69) is 37.2 Å². The molecule has 0 aliphatic heterocycles. The van der Waals surface area contributed by atoms with Crippen LogP contribution < -0.4 is 10.1 Å². The summed E-state index contributed by atoms with van der Waals surface area (Å²) in [6, 6.07) is 9.44. The lowest BCUT2D eigenvalue weighted by Gasteiger charge is -2.13. The van der Waals surface area contributed by atoms with Crippen molar-refractivity contribution in [3.63, 3.8) is 0 Å². The maximum absolute atomic E-state index is 12.0. The van der Waals surface area contributed by atoms with Crippen LogP contribution in [0.1, 0.15) is 24.0 Å². The van der Waals surface area contributed by atoms with Gasteiger partial charge in [-0.25, -0.2) is 0 Å². The van der Waals surface area contributed by atoms with Gasteiger partial charge >= 0.3 is 0 Å². The Kier molecular flexibility index (Phi) is 7.14. The predicted octanol–water partition coefficient (Wildman–Crippen LogP) is 6.28. The van der Waals surface area contributed by atoms with E-state index in [1.807, 2.05) is 44.2 Å². The second kappa shape index (κ2) is 8.88. The molecular formula is C18H18Br2ClNO2. The van der Waals surface area contributed by atoms with Gasteiger partial charge in [-0.15, -0.1) is 0 Å². The fourth-order valence-corrected chi connectivity index (χ4v) is 3.27. The van der Waals surface area contributed by atoms with E-state index in [1.54, 1.807) is 0 Å². The minimum absolute atomic E-state index is 0.0342. The molecule has 0 aliphatic rings. The van der Waals surface area contributed by atoms with Crippen LogP contribution in [0.4, 0.5) is 5.69 Å². The van der Waals surface area contributed by atoms with E-state index in [-0.39, 0.29) is 5.91 Å². The normalized spacial score (nSPS) is 10.5. The average Bonchev–Trinajstić information content (AvgIpc) is 2.56. The van der Waals surface area contributed by atoms with Crippen LogP contribution in [0.15, 0.2) is 39.3 Å². The molecule has 128 valence electrons. The molecule has 0 atom stereocenters. The van der Waals surface area contributed by atoms with Crippen LogP contribution in [0.3, 0.4) is 0 Å². The molecule has 2 aromatic rings. The Morgan fingerprint density at radius 2 is 1.96 bits per heavy atom. The van der Waals surface area contributed by atoms with Crippen LogP contribution in [0, 0.1) is 13.8 Å². The van der Waals surface area contributed by atoms with Crippen molar-refractivity contribution < 1.29 is 9.53 Å². The van der Waals surface area contributed by atoms with Crippen LogP contribution >= 0.6 is 43.5 Å². The van der Waals surface area contributed by atoms with Gasteiger partial charge in [-0.3, -0.25) is 4.79 Å². The summed E-state index contributed by atoms with van der Waals surface area (Å²) in [6.45, 7) is 4.35. The number of benzene rings is 2. The molecule has 3 nitrogen and oxygen atoms in total. The summed E-state index contributed by atoms with van der Waals surface area (Å²) in [4.78, 5) is 12.0. The average molecular weight is 476 g/mol. The van der Waals surface area contributed by atoms with E-state index in [1.165, 1.54) is 0 Å². The van der Waals surface area contributed by atoms with E-state index in [4.69, 9.17) is 16.3 Å². The van der Waals surface area contributed by atoms with Crippen molar-refractivity contribution in [1.82, 2.24) is 0 Å². The van der Waals surface area contributed by atoms with Gasteiger partial charge in [-0.1, -0.05) is 23.7 Å². The monoisotopic (exact) mass is 473 g/mol. The van der Waals surface area contributed by atoms with Crippen molar-refractivity contribution in [3.8, 4) is 5.75 Å². The first-order valence-corrected chi connectivity index (χ1v) is 9.49. The van der Waals surface area contributed by atoms with Crippen molar-refractivity contribution >= 4 is 55.1 Å². The number of aryl methyl sites for hydroxylation is 1. The number of nitrogens with one attached hydrogen (secondary N) is 1. The molecule has 0 aromatic heterocycles. The third-order valence-corrected chi connectivity index (χ3v) is 5.78. The van der Waals surface area contributed by atoms with Crippen LogP contribution in [0.2, 0.25) is 5.02 Å². The van der Waals surface area contributed by atoms with Crippen LogP contribution in [0.25, 0.3) is 0 Å². The van der Waals surface area contributed by atoms with E-state index < -0.39 is 0 Å². The Morgan fingerprint density at radius 1 is 1.25 bits per heavy atom. The molecule has 0 saturated heterocycles. The number of hydrogen-bond donors (Lipinski definition) is 1. The van der Waals surface area contributed by atoms with Gasteiger partial charge in [-0.2, -0.15) is 0 Å². The molecule has 0 heterocycles. The van der Waals surface area contributed by atoms with Gasteiger partial charge in [0.1, 0.15) is 5.75 Å². The minimum Gasteiger partial charge on any atom is -0.492 e. The Labute approximate surface area is 164 Å². The highest BCUT2D eigenvalue weighted by Gasteiger charge is 2.11. The molecule has 6 heteroatoms. The van der Waals surface area contributed by atoms with Gasteiger partial charge in [-0.05, 0) is 81.5 Å². The molecule has 0 bridgehead atoms. The molecule has 0 aliphatic carbocycles. The number of carbonyl (C=O) groups excluding carboxylic acids is 1. The largest absolute Gasteiger partial charge is 0.492 e. The van der Waals surface area contributed by atoms with Crippen molar-refractivity contribution in [2.24, 2.45) is 0 Å². The molecule has 1 amide bonds. The zero-order valence-corrected chi connectivity index (χ0v) is 17.4. The Balaban J connectivity index is 1.83. The van der Waals surface area contributed by atoms with E-state index >= 15 is 0 Å². The van der Waals surface area contributed by atoms with Crippen LogP contribution in [-0.2, 0) is 4.79 Å². The molecule has 1 N–H and O–H groups in total. The number of hydrogen-bond acceptors (Lipinski definition) is 2. The van der Waals surface area contributed by atoms with Gasteiger partial charge < -0.3 is 10.1 Å². The van der Waals surface area contributed by atoms with Crippen LogP contribution in [-0.4, -0.2) is 12.5 Å². The fourth-order valence-electron chi connectivity index (χ4n) is 2.20. The SMILES string of the molecule is Cc1cc(OCCCC(=O)Nc2ccccc2Br)c(Br)c(C)c1Cl. The lowest BCUT2D eigenvalue weighted by Crippen LogP contribution is -2.13. The summed E-state index contributed by atoms with van der Waals surface area (Å²) < 4.78 is 7.51. The number of ether oxygens (including phenoxy) is 1. The number of halogens is 3. The highest BCUT2D eigenvalue weighted by molar-refractivity contribution is 9.11. The van der Waals surface area contributed by atoms with Crippen LogP contribution in [0.5, 0.6) is 5.75 Å². The van der Waals surface area contributed by atoms with Crippen molar-refractivity contribution in [2.75, 3.05) is 11.9 Å². The smallest absolute Gasteiger partial charge is 0.224 e. The first kappa shape index (κ1) is 19.3. The van der Waals surface area contributed by atoms with Crippen molar-refractivity contribution in [1.29, 1.82) is 0 Å². The molecule has 2 rings (SSSR count). The number of para-hydroxylation sites is 1. The zero-order chi connectivity index (χ0) is 17.7.